The molecule has 2 N–H and O–H groups in total. The van der Waals surface area contributed by atoms with Gasteiger partial charge >= 0.3 is 5.97 Å². The lowest BCUT2D eigenvalue weighted by atomic mass is 10.3. The first-order chi connectivity index (χ1) is 8.63. The van der Waals surface area contributed by atoms with Crippen LogP contribution in [0.15, 0.2) is 18.5 Å². The Labute approximate surface area is 105 Å². The molecule has 1 rings (SSSR count). The number of carbonyl (C=O) groups excluding carboxylic acids is 1. The van der Waals surface area contributed by atoms with Gasteiger partial charge in [0.2, 0.25) is 0 Å². The number of carbonyl (C=O) groups is 2. The van der Waals surface area contributed by atoms with Crippen LogP contribution in [0.4, 0.5) is 0 Å². The van der Waals surface area contributed by atoms with Crippen molar-refractivity contribution in [1.29, 1.82) is 0 Å². The van der Waals surface area contributed by atoms with Crippen LogP contribution in [0, 0.1) is 0 Å². The average Bonchev–Trinajstić information content (AvgIpc) is 2.37. The number of nitrogens with one attached hydrogen (secondary N) is 1. The van der Waals surface area contributed by atoms with Crippen LogP contribution in [-0.4, -0.2) is 35.1 Å². The maximum absolute atomic E-state index is 11.3. The van der Waals surface area contributed by atoms with Crippen molar-refractivity contribution in [3.63, 3.8) is 0 Å². The number of unbranched alkanes of at least 4 members (excludes halogenated alkanes) is 1. The van der Waals surface area contributed by atoms with Gasteiger partial charge in [-0.05, 0) is 12.5 Å². The highest BCUT2D eigenvalue weighted by Crippen LogP contribution is 2.10. The molecular weight excluding hydrogens is 236 g/mol. The highest BCUT2D eigenvalue weighted by atomic mass is 16.5. The van der Waals surface area contributed by atoms with Crippen molar-refractivity contribution in [3.05, 3.63) is 24.0 Å². The monoisotopic (exact) mass is 252 g/mol. The van der Waals surface area contributed by atoms with Crippen LogP contribution in [0.1, 0.15) is 30.1 Å². The lowest BCUT2D eigenvalue weighted by Gasteiger charge is -2.07. The van der Waals surface area contributed by atoms with E-state index in [9.17, 15) is 9.59 Å². The Hall–Kier alpha value is -2.11. The molecule has 0 saturated carbocycles. The second kappa shape index (κ2) is 7.26. The minimum absolute atomic E-state index is 0.0268. The number of hydrogen-bond donors (Lipinski definition) is 2. The Balaban J connectivity index is 2.41. The molecule has 0 aliphatic heterocycles. The van der Waals surface area contributed by atoms with E-state index < -0.39 is 5.97 Å². The van der Waals surface area contributed by atoms with Crippen LogP contribution >= 0.6 is 0 Å². The molecule has 0 saturated heterocycles. The zero-order valence-electron chi connectivity index (χ0n) is 10.2. The van der Waals surface area contributed by atoms with E-state index in [1.165, 1.54) is 18.5 Å². The first kappa shape index (κ1) is 14.0. The summed E-state index contributed by atoms with van der Waals surface area (Å²) in [5.74, 6) is -1.05. The van der Waals surface area contributed by atoms with E-state index in [0.29, 0.717) is 6.54 Å². The van der Waals surface area contributed by atoms with Gasteiger partial charge in [0.15, 0.2) is 6.61 Å². The molecule has 0 bridgehead atoms. The van der Waals surface area contributed by atoms with Crippen LogP contribution in [0.5, 0.6) is 5.75 Å². The molecule has 1 amide bonds. The minimum atomic E-state index is -1.08. The van der Waals surface area contributed by atoms with Crippen molar-refractivity contribution >= 4 is 11.9 Å². The fraction of sp³-hybridized carbons (Fsp3) is 0.417. The summed E-state index contributed by atoms with van der Waals surface area (Å²) in [6, 6.07) is 1.33. The summed E-state index contributed by atoms with van der Waals surface area (Å²) >= 11 is 0. The average molecular weight is 252 g/mol. The fourth-order valence-corrected chi connectivity index (χ4v) is 1.22. The predicted molar refractivity (Wildman–Crippen MR) is 64.6 cm³/mol. The Morgan fingerprint density at radius 1 is 1.44 bits per heavy atom. The number of rotatable bonds is 7. The van der Waals surface area contributed by atoms with Crippen molar-refractivity contribution in [2.24, 2.45) is 0 Å². The topological polar surface area (TPSA) is 88.5 Å². The second-order valence-electron chi connectivity index (χ2n) is 3.71. The third-order valence-corrected chi connectivity index (χ3v) is 2.18. The number of amides is 1. The summed E-state index contributed by atoms with van der Waals surface area (Å²) in [5, 5.41) is 11.4. The molecule has 1 aromatic heterocycles. The largest absolute Gasteiger partial charge is 0.482 e. The van der Waals surface area contributed by atoms with Gasteiger partial charge in [0.05, 0.1) is 11.8 Å². The standard InChI is InChI=1S/C12H16N2O4/c1-2-3-4-14-11(15)8-18-10-5-9(12(16)17)6-13-7-10/h5-7H,2-4,8H2,1H3,(H,14,15)(H,16,17). The third kappa shape index (κ3) is 4.82. The summed E-state index contributed by atoms with van der Waals surface area (Å²) in [6.45, 7) is 2.51. The number of carboxylic acids is 1. The van der Waals surface area contributed by atoms with Crippen LogP contribution < -0.4 is 10.1 Å². The van der Waals surface area contributed by atoms with Crippen molar-refractivity contribution in [1.82, 2.24) is 10.3 Å². The van der Waals surface area contributed by atoms with Gasteiger partial charge in [-0.2, -0.15) is 0 Å². The van der Waals surface area contributed by atoms with Crippen LogP contribution in [0.25, 0.3) is 0 Å². The van der Waals surface area contributed by atoms with E-state index in [1.54, 1.807) is 0 Å². The van der Waals surface area contributed by atoms with Crippen LogP contribution in [-0.2, 0) is 4.79 Å². The van der Waals surface area contributed by atoms with Gasteiger partial charge in [-0.3, -0.25) is 9.78 Å². The molecule has 98 valence electrons. The van der Waals surface area contributed by atoms with Crippen molar-refractivity contribution < 1.29 is 19.4 Å². The maximum atomic E-state index is 11.3. The molecule has 0 aliphatic carbocycles. The quantitative estimate of drug-likeness (QED) is 0.709. The number of pyridine rings is 1. The Morgan fingerprint density at radius 2 is 2.22 bits per heavy atom. The van der Waals surface area contributed by atoms with Gasteiger partial charge in [0, 0.05) is 12.7 Å². The van der Waals surface area contributed by atoms with E-state index >= 15 is 0 Å². The maximum Gasteiger partial charge on any atom is 0.337 e. The molecule has 1 aromatic rings. The molecule has 0 spiro atoms. The Morgan fingerprint density at radius 3 is 2.89 bits per heavy atom. The molecule has 0 fully saturated rings. The first-order valence-corrected chi connectivity index (χ1v) is 5.71. The Kier molecular flexibility index (Phi) is 5.63. The molecule has 0 atom stereocenters. The van der Waals surface area contributed by atoms with Gasteiger partial charge in [0.1, 0.15) is 5.75 Å². The van der Waals surface area contributed by atoms with Crippen molar-refractivity contribution in [2.45, 2.75) is 19.8 Å². The number of carboxylic acid groups (broad SMARTS) is 1. The highest BCUT2D eigenvalue weighted by Gasteiger charge is 2.06. The van der Waals surface area contributed by atoms with E-state index in [1.807, 2.05) is 6.92 Å². The number of nitrogens with zero attached hydrogens (tertiary/aromatic N) is 1. The lowest BCUT2D eigenvalue weighted by Crippen LogP contribution is -2.29. The zero-order chi connectivity index (χ0) is 13.4. The summed E-state index contributed by atoms with van der Waals surface area (Å²) in [5.41, 5.74) is 0.0268. The van der Waals surface area contributed by atoms with Crippen LogP contribution in [0.2, 0.25) is 0 Å². The van der Waals surface area contributed by atoms with Gasteiger partial charge in [0.25, 0.3) is 5.91 Å². The molecule has 6 nitrogen and oxygen atoms in total. The molecular formula is C12H16N2O4. The normalized spacial score (nSPS) is 9.83. The predicted octanol–water partition coefficient (Wildman–Crippen LogP) is 1.07. The molecule has 0 radical (unpaired) electrons. The van der Waals surface area contributed by atoms with Gasteiger partial charge < -0.3 is 15.2 Å². The smallest absolute Gasteiger partial charge is 0.337 e. The number of aromatic nitrogens is 1. The van der Waals surface area contributed by atoms with Gasteiger partial charge in [-0.1, -0.05) is 13.3 Å². The fourth-order valence-electron chi connectivity index (χ4n) is 1.22. The molecule has 1 heterocycles. The van der Waals surface area contributed by atoms with E-state index in [2.05, 4.69) is 10.3 Å². The Bertz CT molecular complexity index is 420. The summed E-state index contributed by atoms with van der Waals surface area (Å²) in [7, 11) is 0. The lowest BCUT2D eigenvalue weighted by molar-refractivity contribution is -0.123. The molecule has 0 aromatic carbocycles. The van der Waals surface area contributed by atoms with E-state index in [4.69, 9.17) is 9.84 Å². The second-order valence-corrected chi connectivity index (χ2v) is 3.71. The minimum Gasteiger partial charge on any atom is -0.482 e. The highest BCUT2D eigenvalue weighted by molar-refractivity contribution is 5.87. The molecule has 6 heteroatoms. The van der Waals surface area contributed by atoms with Gasteiger partial charge in [-0.25, -0.2) is 4.79 Å². The summed E-state index contributed by atoms with van der Waals surface area (Å²) in [4.78, 5) is 25.7. The molecule has 0 aliphatic rings. The molecule has 0 unspecified atom stereocenters. The van der Waals surface area contributed by atoms with Crippen molar-refractivity contribution in [2.75, 3.05) is 13.2 Å². The number of aromatic carboxylic acids is 1. The third-order valence-electron chi connectivity index (χ3n) is 2.18. The number of hydrogen-bond acceptors (Lipinski definition) is 4. The zero-order valence-corrected chi connectivity index (χ0v) is 10.2. The van der Waals surface area contributed by atoms with Crippen molar-refractivity contribution in [3.8, 4) is 5.75 Å². The van der Waals surface area contributed by atoms with Crippen LogP contribution in [0.3, 0.4) is 0 Å². The van der Waals surface area contributed by atoms with E-state index in [-0.39, 0.29) is 23.8 Å². The summed E-state index contributed by atoms with van der Waals surface area (Å²) < 4.78 is 5.15. The molecule has 18 heavy (non-hydrogen) atoms. The van der Waals surface area contributed by atoms with E-state index in [0.717, 1.165) is 12.8 Å². The summed E-state index contributed by atoms with van der Waals surface area (Å²) in [6.07, 6.45) is 4.51. The number of ether oxygens (including phenoxy) is 1. The van der Waals surface area contributed by atoms with Gasteiger partial charge in [-0.15, -0.1) is 0 Å². The first-order valence-electron chi connectivity index (χ1n) is 5.71. The SMILES string of the molecule is CCCCNC(=O)COc1cncc(C(=O)O)c1.